The SMILES string of the molecule is CCCC(CCO)CNc1ncc(Cl)cc1F. The predicted octanol–water partition coefficient (Wildman–Crippen LogP) is 3.08. The van der Waals surface area contributed by atoms with E-state index in [-0.39, 0.29) is 17.4 Å². The molecule has 0 bridgehead atoms. The van der Waals surface area contributed by atoms with Crippen molar-refractivity contribution in [1.82, 2.24) is 4.98 Å². The molecular weight excluding hydrogens is 243 g/mol. The predicted molar refractivity (Wildman–Crippen MR) is 67.8 cm³/mol. The Morgan fingerprint density at radius 3 is 2.88 bits per heavy atom. The van der Waals surface area contributed by atoms with E-state index in [1.807, 2.05) is 0 Å². The van der Waals surface area contributed by atoms with E-state index in [0.717, 1.165) is 19.3 Å². The van der Waals surface area contributed by atoms with Gasteiger partial charge in [-0.3, -0.25) is 0 Å². The molecule has 17 heavy (non-hydrogen) atoms. The van der Waals surface area contributed by atoms with Gasteiger partial charge in [0.1, 0.15) is 0 Å². The number of rotatable bonds is 7. The number of pyridine rings is 1. The Hall–Kier alpha value is -0.870. The van der Waals surface area contributed by atoms with E-state index in [1.54, 1.807) is 0 Å². The van der Waals surface area contributed by atoms with Crippen molar-refractivity contribution in [2.75, 3.05) is 18.5 Å². The maximum atomic E-state index is 13.4. The summed E-state index contributed by atoms with van der Waals surface area (Å²) in [5.74, 6) is 0.104. The van der Waals surface area contributed by atoms with Crippen LogP contribution in [0.2, 0.25) is 5.02 Å². The van der Waals surface area contributed by atoms with E-state index >= 15 is 0 Å². The standard InChI is InChI=1S/C12H18ClFN2O/c1-2-3-9(4-5-17)7-15-12-11(14)6-10(13)8-16-12/h6,8-9,17H,2-5,7H2,1H3,(H,15,16). The van der Waals surface area contributed by atoms with Crippen molar-refractivity contribution in [3.05, 3.63) is 23.1 Å². The van der Waals surface area contributed by atoms with E-state index in [1.165, 1.54) is 12.3 Å². The van der Waals surface area contributed by atoms with Gasteiger partial charge >= 0.3 is 0 Å². The number of nitrogens with one attached hydrogen (secondary N) is 1. The Labute approximate surface area is 106 Å². The third-order valence-electron chi connectivity index (χ3n) is 2.60. The van der Waals surface area contributed by atoms with Crippen molar-refractivity contribution in [3.63, 3.8) is 0 Å². The summed E-state index contributed by atoms with van der Waals surface area (Å²) in [4.78, 5) is 3.89. The summed E-state index contributed by atoms with van der Waals surface area (Å²) in [5.41, 5.74) is 0. The third kappa shape index (κ3) is 4.88. The zero-order chi connectivity index (χ0) is 12.7. The van der Waals surface area contributed by atoms with Crippen LogP contribution in [0, 0.1) is 11.7 Å². The maximum absolute atomic E-state index is 13.4. The van der Waals surface area contributed by atoms with Gasteiger partial charge in [0.05, 0.1) is 5.02 Å². The van der Waals surface area contributed by atoms with Gasteiger partial charge in [0.2, 0.25) is 0 Å². The molecule has 0 aliphatic heterocycles. The van der Waals surface area contributed by atoms with Gasteiger partial charge in [-0.2, -0.15) is 0 Å². The highest BCUT2D eigenvalue weighted by Gasteiger charge is 2.09. The largest absolute Gasteiger partial charge is 0.396 e. The van der Waals surface area contributed by atoms with Crippen molar-refractivity contribution >= 4 is 17.4 Å². The van der Waals surface area contributed by atoms with Crippen LogP contribution in [-0.4, -0.2) is 23.2 Å². The molecule has 0 aromatic carbocycles. The van der Waals surface area contributed by atoms with E-state index in [4.69, 9.17) is 16.7 Å². The number of aromatic nitrogens is 1. The summed E-state index contributed by atoms with van der Waals surface area (Å²) in [5, 5.41) is 12.2. The molecule has 0 saturated carbocycles. The Balaban J connectivity index is 2.52. The van der Waals surface area contributed by atoms with Gasteiger partial charge < -0.3 is 10.4 Å². The van der Waals surface area contributed by atoms with E-state index in [0.29, 0.717) is 12.5 Å². The third-order valence-corrected chi connectivity index (χ3v) is 2.81. The molecule has 5 heteroatoms. The summed E-state index contributed by atoms with van der Waals surface area (Å²) in [6.07, 6.45) is 4.18. The number of hydrogen-bond acceptors (Lipinski definition) is 3. The molecule has 2 N–H and O–H groups in total. The quantitative estimate of drug-likeness (QED) is 0.792. The molecule has 0 aliphatic rings. The second-order valence-electron chi connectivity index (χ2n) is 4.03. The van der Waals surface area contributed by atoms with Crippen molar-refractivity contribution in [2.24, 2.45) is 5.92 Å². The first-order valence-corrected chi connectivity index (χ1v) is 6.21. The minimum atomic E-state index is -0.447. The fraction of sp³-hybridized carbons (Fsp3) is 0.583. The normalized spacial score (nSPS) is 12.5. The van der Waals surface area contributed by atoms with Gasteiger partial charge in [0.15, 0.2) is 11.6 Å². The molecular formula is C12H18ClFN2O. The summed E-state index contributed by atoms with van der Waals surface area (Å²) in [7, 11) is 0. The molecule has 0 radical (unpaired) electrons. The molecule has 0 spiro atoms. The lowest BCUT2D eigenvalue weighted by atomic mass is 10.0. The van der Waals surface area contributed by atoms with Crippen LogP contribution in [0.1, 0.15) is 26.2 Å². The maximum Gasteiger partial charge on any atom is 0.166 e. The lowest BCUT2D eigenvalue weighted by Crippen LogP contribution is -2.17. The fourth-order valence-electron chi connectivity index (χ4n) is 1.72. The Morgan fingerprint density at radius 2 is 2.29 bits per heavy atom. The van der Waals surface area contributed by atoms with Crippen LogP contribution >= 0.6 is 11.6 Å². The molecule has 0 amide bonds. The van der Waals surface area contributed by atoms with Gasteiger partial charge in [0.25, 0.3) is 0 Å². The van der Waals surface area contributed by atoms with Crippen LogP contribution < -0.4 is 5.32 Å². The van der Waals surface area contributed by atoms with Crippen LogP contribution in [-0.2, 0) is 0 Å². The number of aliphatic hydroxyl groups is 1. The monoisotopic (exact) mass is 260 g/mol. The summed E-state index contributed by atoms with van der Waals surface area (Å²) >= 11 is 5.62. The Bertz CT molecular complexity index is 343. The molecule has 1 aromatic heterocycles. The Morgan fingerprint density at radius 1 is 1.53 bits per heavy atom. The molecule has 0 fully saturated rings. The second kappa shape index (κ2) is 7.45. The number of halogens is 2. The first kappa shape index (κ1) is 14.2. The number of anilines is 1. The average molecular weight is 261 g/mol. The van der Waals surface area contributed by atoms with E-state index in [9.17, 15) is 4.39 Å². The van der Waals surface area contributed by atoms with Gasteiger partial charge in [-0.25, -0.2) is 9.37 Å². The molecule has 1 unspecified atom stereocenters. The molecule has 1 atom stereocenters. The second-order valence-corrected chi connectivity index (χ2v) is 4.47. The lowest BCUT2D eigenvalue weighted by Gasteiger charge is -2.16. The summed E-state index contributed by atoms with van der Waals surface area (Å²) in [6.45, 7) is 2.86. The minimum absolute atomic E-state index is 0.156. The molecule has 0 saturated heterocycles. The number of hydrogen-bond donors (Lipinski definition) is 2. The van der Waals surface area contributed by atoms with Crippen molar-refractivity contribution in [1.29, 1.82) is 0 Å². The molecule has 1 heterocycles. The first-order chi connectivity index (χ1) is 8.17. The smallest absolute Gasteiger partial charge is 0.166 e. The Kier molecular flexibility index (Phi) is 6.22. The minimum Gasteiger partial charge on any atom is -0.396 e. The topological polar surface area (TPSA) is 45.1 Å². The van der Waals surface area contributed by atoms with E-state index in [2.05, 4.69) is 17.2 Å². The van der Waals surface area contributed by atoms with Crippen LogP contribution in [0.15, 0.2) is 12.3 Å². The highest BCUT2D eigenvalue weighted by atomic mass is 35.5. The average Bonchev–Trinajstić information content (AvgIpc) is 2.28. The van der Waals surface area contributed by atoms with Gasteiger partial charge in [0, 0.05) is 19.3 Å². The lowest BCUT2D eigenvalue weighted by molar-refractivity contribution is 0.255. The van der Waals surface area contributed by atoms with Crippen LogP contribution in [0.3, 0.4) is 0 Å². The highest BCUT2D eigenvalue weighted by Crippen LogP contribution is 2.17. The van der Waals surface area contributed by atoms with Gasteiger partial charge in [-0.1, -0.05) is 24.9 Å². The number of nitrogens with zero attached hydrogens (tertiary/aromatic N) is 1. The first-order valence-electron chi connectivity index (χ1n) is 5.83. The molecule has 96 valence electrons. The van der Waals surface area contributed by atoms with Crippen molar-refractivity contribution < 1.29 is 9.50 Å². The van der Waals surface area contributed by atoms with Gasteiger partial charge in [-0.05, 0) is 24.8 Å². The molecule has 3 nitrogen and oxygen atoms in total. The summed E-state index contributed by atoms with van der Waals surface area (Å²) in [6, 6.07) is 1.23. The van der Waals surface area contributed by atoms with Gasteiger partial charge in [-0.15, -0.1) is 0 Å². The van der Waals surface area contributed by atoms with Crippen molar-refractivity contribution in [2.45, 2.75) is 26.2 Å². The van der Waals surface area contributed by atoms with Crippen LogP contribution in [0.5, 0.6) is 0 Å². The van der Waals surface area contributed by atoms with Crippen LogP contribution in [0.4, 0.5) is 10.2 Å². The highest BCUT2D eigenvalue weighted by molar-refractivity contribution is 6.30. The molecule has 0 aliphatic carbocycles. The zero-order valence-electron chi connectivity index (χ0n) is 9.92. The van der Waals surface area contributed by atoms with Crippen molar-refractivity contribution in [3.8, 4) is 0 Å². The number of aliphatic hydroxyl groups excluding tert-OH is 1. The summed E-state index contributed by atoms with van der Waals surface area (Å²) < 4.78 is 13.4. The fourth-order valence-corrected chi connectivity index (χ4v) is 1.87. The molecule has 1 aromatic rings. The zero-order valence-corrected chi connectivity index (χ0v) is 10.7. The molecule has 1 rings (SSSR count). The van der Waals surface area contributed by atoms with Crippen LogP contribution in [0.25, 0.3) is 0 Å². The van der Waals surface area contributed by atoms with E-state index < -0.39 is 5.82 Å².